The van der Waals surface area contributed by atoms with Gasteiger partial charge in [0.05, 0.1) is 0 Å². The van der Waals surface area contributed by atoms with Crippen LogP contribution >= 0.6 is 11.3 Å². The molecule has 1 aliphatic heterocycles. The van der Waals surface area contributed by atoms with Crippen LogP contribution in [0.1, 0.15) is 18.9 Å². The van der Waals surface area contributed by atoms with Gasteiger partial charge in [-0.15, -0.1) is 0 Å². The highest BCUT2D eigenvalue weighted by Gasteiger charge is 2.35. The first kappa shape index (κ1) is 16.1. The lowest BCUT2D eigenvalue weighted by atomic mass is 10.1. The fourth-order valence-electron chi connectivity index (χ4n) is 2.30. The van der Waals surface area contributed by atoms with Gasteiger partial charge in [0.1, 0.15) is 5.75 Å². The number of sulfonamides is 1. The van der Waals surface area contributed by atoms with E-state index in [0.717, 1.165) is 29.7 Å². The second kappa shape index (κ2) is 6.38. The van der Waals surface area contributed by atoms with Crippen LogP contribution in [0.5, 0.6) is 21.6 Å². The molecule has 0 amide bonds. The van der Waals surface area contributed by atoms with Crippen LogP contribution in [0, 0.1) is 0 Å². The Hall–Kier alpha value is -1.77. The van der Waals surface area contributed by atoms with Gasteiger partial charge >= 0.3 is 0 Å². The molecule has 1 aromatic heterocycles. The third kappa shape index (κ3) is 3.01. The molecule has 0 radical (unpaired) electrons. The number of thiophene rings is 1. The quantitative estimate of drug-likeness (QED) is 0.862. The summed E-state index contributed by atoms with van der Waals surface area (Å²) in [6, 6.07) is 7.69. The molecule has 0 saturated carbocycles. The van der Waals surface area contributed by atoms with Gasteiger partial charge in [-0.2, -0.15) is 0 Å². The van der Waals surface area contributed by atoms with Crippen LogP contribution in [-0.4, -0.2) is 22.3 Å². The molecule has 124 valence electrons. The normalized spacial score (nSPS) is 13.3. The lowest BCUT2D eigenvalue weighted by Crippen LogP contribution is -2.22. The van der Waals surface area contributed by atoms with Gasteiger partial charge in [0, 0.05) is 0 Å². The van der Waals surface area contributed by atoms with Crippen molar-refractivity contribution in [3.63, 3.8) is 0 Å². The maximum Gasteiger partial charge on any atom is 0.248 e. The SMILES string of the molecule is CCCc1ccccc1Oc1sc2c(S(=O)(=O)NC)c1OCO2. The summed E-state index contributed by atoms with van der Waals surface area (Å²) >= 11 is 1.12. The standard InChI is InChI=1S/C15H17NO5S2/c1-3-6-10-7-4-5-8-11(10)21-14-12-13(23(17,18)16-2)15(22-14)20-9-19-12/h4-5,7-8,16H,3,6,9H2,1-2H3. The van der Waals surface area contributed by atoms with E-state index in [-0.39, 0.29) is 22.5 Å². The average Bonchev–Trinajstić information content (AvgIpc) is 2.77. The average molecular weight is 355 g/mol. The van der Waals surface area contributed by atoms with Gasteiger partial charge in [-0.25, -0.2) is 13.1 Å². The maximum absolute atomic E-state index is 12.2. The van der Waals surface area contributed by atoms with Crippen molar-refractivity contribution < 1.29 is 22.6 Å². The lowest BCUT2D eigenvalue weighted by Gasteiger charge is -2.15. The molecule has 0 spiro atoms. The van der Waals surface area contributed by atoms with E-state index in [2.05, 4.69) is 11.6 Å². The first-order valence-electron chi connectivity index (χ1n) is 7.18. The van der Waals surface area contributed by atoms with Crippen molar-refractivity contribution in [1.82, 2.24) is 4.72 Å². The second-order valence-electron chi connectivity index (χ2n) is 4.91. The van der Waals surface area contributed by atoms with Gasteiger partial charge in [-0.05, 0) is 25.1 Å². The molecular formula is C15H17NO5S2. The topological polar surface area (TPSA) is 73.9 Å². The molecule has 0 aliphatic carbocycles. The molecule has 2 aromatic rings. The minimum atomic E-state index is -3.68. The van der Waals surface area contributed by atoms with Crippen LogP contribution in [0.2, 0.25) is 0 Å². The summed E-state index contributed by atoms with van der Waals surface area (Å²) in [6.07, 6.45) is 1.87. The van der Waals surface area contributed by atoms with E-state index in [9.17, 15) is 8.42 Å². The Kier molecular flexibility index (Phi) is 4.47. The number of rotatable bonds is 6. The summed E-state index contributed by atoms with van der Waals surface area (Å²) in [6.45, 7) is 2.07. The van der Waals surface area contributed by atoms with E-state index in [1.165, 1.54) is 7.05 Å². The lowest BCUT2D eigenvalue weighted by molar-refractivity contribution is 0.0997. The van der Waals surface area contributed by atoms with E-state index >= 15 is 0 Å². The molecular weight excluding hydrogens is 338 g/mol. The van der Waals surface area contributed by atoms with E-state index < -0.39 is 10.0 Å². The number of ether oxygens (including phenoxy) is 3. The smallest absolute Gasteiger partial charge is 0.248 e. The van der Waals surface area contributed by atoms with Crippen molar-refractivity contribution in [2.24, 2.45) is 0 Å². The minimum absolute atomic E-state index is 0.000720. The number of benzene rings is 1. The number of hydrogen-bond donors (Lipinski definition) is 1. The largest absolute Gasteiger partial charge is 0.451 e. The number of para-hydroxylation sites is 1. The Morgan fingerprint density at radius 2 is 2.09 bits per heavy atom. The van der Waals surface area contributed by atoms with E-state index in [1.54, 1.807) is 0 Å². The van der Waals surface area contributed by atoms with Gasteiger partial charge in [0.2, 0.25) is 32.7 Å². The van der Waals surface area contributed by atoms with Crippen LogP contribution in [0.3, 0.4) is 0 Å². The van der Waals surface area contributed by atoms with E-state index in [4.69, 9.17) is 14.2 Å². The first-order chi connectivity index (χ1) is 11.1. The van der Waals surface area contributed by atoms with E-state index in [1.807, 2.05) is 24.3 Å². The summed E-state index contributed by atoms with van der Waals surface area (Å²) in [5.74, 6) is 0.902. The third-order valence-electron chi connectivity index (χ3n) is 3.39. The summed E-state index contributed by atoms with van der Waals surface area (Å²) in [5, 5.41) is 0.665. The van der Waals surface area contributed by atoms with E-state index in [0.29, 0.717) is 10.8 Å². The van der Waals surface area contributed by atoms with Crippen LogP contribution in [0.25, 0.3) is 0 Å². The predicted octanol–water partition coefficient (Wildman–Crippen LogP) is 3.13. The zero-order chi connectivity index (χ0) is 16.4. The van der Waals surface area contributed by atoms with Crippen LogP contribution in [0.4, 0.5) is 0 Å². The van der Waals surface area contributed by atoms with Crippen molar-refractivity contribution in [2.45, 2.75) is 24.7 Å². The van der Waals surface area contributed by atoms with Gasteiger partial charge < -0.3 is 14.2 Å². The van der Waals surface area contributed by atoms with Crippen LogP contribution < -0.4 is 18.9 Å². The van der Waals surface area contributed by atoms with Gasteiger partial charge in [-0.1, -0.05) is 42.9 Å². The monoisotopic (exact) mass is 355 g/mol. The predicted molar refractivity (Wildman–Crippen MR) is 87.2 cm³/mol. The number of aryl methyl sites for hydroxylation is 1. The van der Waals surface area contributed by atoms with Gasteiger partial charge in [-0.3, -0.25) is 0 Å². The Labute approximate surface area is 139 Å². The summed E-state index contributed by atoms with van der Waals surface area (Å²) < 4.78 is 43.2. The molecule has 0 saturated heterocycles. The highest BCUT2D eigenvalue weighted by Crippen LogP contribution is 2.53. The van der Waals surface area contributed by atoms with Crippen molar-refractivity contribution >= 4 is 21.4 Å². The molecule has 23 heavy (non-hydrogen) atoms. The van der Waals surface area contributed by atoms with Crippen LogP contribution in [-0.2, 0) is 16.4 Å². The summed E-state index contributed by atoms with van der Waals surface area (Å²) in [5.41, 5.74) is 1.06. The fraction of sp³-hybridized carbons (Fsp3) is 0.333. The number of hydrogen-bond acceptors (Lipinski definition) is 6. The Morgan fingerprint density at radius 1 is 1.30 bits per heavy atom. The molecule has 2 bridgehead atoms. The molecule has 0 unspecified atom stereocenters. The third-order valence-corrected chi connectivity index (χ3v) is 5.92. The first-order valence-corrected chi connectivity index (χ1v) is 9.48. The minimum Gasteiger partial charge on any atom is -0.451 e. The van der Waals surface area contributed by atoms with Crippen LogP contribution in [0.15, 0.2) is 29.2 Å². The molecule has 3 rings (SSSR count). The molecule has 8 heteroatoms. The molecule has 1 aromatic carbocycles. The molecule has 1 N–H and O–H groups in total. The zero-order valence-corrected chi connectivity index (χ0v) is 14.4. The Bertz CT molecular complexity index is 813. The molecule has 2 heterocycles. The summed E-state index contributed by atoms with van der Waals surface area (Å²) in [4.78, 5) is -0.000720. The van der Waals surface area contributed by atoms with Crippen molar-refractivity contribution in [3.05, 3.63) is 29.8 Å². The fourth-order valence-corrected chi connectivity index (χ4v) is 4.55. The number of fused-ring (bicyclic) bond motifs is 2. The highest BCUT2D eigenvalue weighted by atomic mass is 32.2. The molecule has 0 atom stereocenters. The Morgan fingerprint density at radius 3 is 2.83 bits per heavy atom. The maximum atomic E-state index is 12.2. The van der Waals surface area contributed by atoms with Gasteiger partial charge in [0.15, 0.2) is 4.90 Å². The summed E-state index contributed by atoms with van der Waals surface area (Å²) in [7, 11) is -2.34. The van der Waals surface area contributed by atoms with Crippen molar-refractivity contribution in [3.8, 4) is 21.6 Å². The molecule has 6 nitrogen and oxygen atoms in total. The molecule has 0 fully saturated rings. The zero-order valence-electron chi connectivity index (χ0n) is 12.8. The second-order valence-corrected chi connectivity index (χ2v) is 7.68. The molecule has 1 aliphatic rings. The Balaban J connectivity index is 2.02. The van der Waals surface area contributed by atoms with Crippen molar-refractivity contribution in [1.29, 1.82) is 0 Å². The highest BCUT2D eigenvalue weighted by molar-refractivity contribution is 7.89. The van der Waals surface area contributed by atoms with Gasteiger partial charge in [0.25, 0.3) is 0 Å². The van der Waals surface area contributed by atoms with Crippen molar-refractivity contribution in [2.75, 3.05) is 13.8 Å². The number of nitrogens with one attached hydrogen (secondary N) is 1.